The number of anilines is 1. The summed E-state index contributed by atoms with van der Waals surface area (Å²) in [5.74, 6) is 0.0414. The minimum Gasteiger partial charge on any atom is -0.398 e. The first-order valence-corrected chi connectivity index (χ1v) is 6.81. The third-order valence-electron chi connectivity index (χ3n) is 2.80. The van der Waals surface area contributed by atoms with Gasteiger partial charge in [-0.15, -0.1) is 11.8 Å². The first-order valence-electron chi connectivity index (χ1n) is 5.83. The van der Waals surface area contributed by atoms with Gasteiger partial charge in [0.25, 0.3) is 0 Å². The van der Waals surface area contributed by atoms with Gasteiger partial charge in [0.05, 0.1) is 5.75 Å². The molecule has 98 valence electrons. The van der Waals surface area contributed by atoms with Crippen molar-refractivity contribution >= 4 is 23.4 Å². The van der Waals surface area contributed by atoms with Gasteiger partial charge in [-0.1, -0.05) is 0 Å². The summed E-state index contributed by atoms with van der Waals surface area (Å²) in [6, 6.07) is 4.20. The monoisotopic (exact) mass is 269 g/mol. The Kier molecular flexibility index (Phi) is 4.43. The zero-order valence-corrected chi connectivity index (χ0v) is 10.8. The van der Waals surface area contributed by atoms with Crippen molar-refractivity contribution in [2.75, 3.05) is 37.7 Å². The molecule has 2 rings (SSSR count). The lowest BCUT2D eigenvalue weighted by atomic mass is 10.3. The van der Waals surface area contributed by atoms with Crippen molar-refractivity contribution in [1.82, 2.24) is 10.2 Å². The molecule has 0 atom stereocenters. The zero-order chi connectivity index (χ0) is 13.0. The minimum absolute atomic E-state index is 0.0742. The molecule has 1 aliphatic heterocycles. The van der Waals surface area contributed by atoms with Crippen molar-refractivity contribution in [3.05, 3.63) is 24.0 Å². The molecular weight excluding hydrogens is 253 g/mol. The highest BCUT2D eigenvalue weighted by molar-refractivity contribution is 8.00. The summed E-state index contributed by atoms with van der Waals surface area (Å²) in [4.78, 5) is 14.4. The second-order valence-corrected chi connectivity index (χ2v) is 5.12. The number of carbonyl (C=O) groups excluding carboxylic acids is 1. The summed E-state index contributed by atoms with van der Waals surface area (Å²) in [6.07, 6.45) is 0. The zero-order valence-electron chi connectivity index (χ0n) is 9.99. The van der Waals surface area contributed by atoms with Crippen molar-refractivity contribution in [3.63, 3.8) is 0 Å². The summed E-state index contributed by atoms with van der Waals surface area (Å²) in [5.41, 5.74) is 6.24. The number of rotatable bonds is 3. The van der Waals surface area contributed by atoms with E-state index in [9.17, 15) is 9.18 Å². The highest BCUT2D eigenvalue weighted by atomic mass is 32.2. The molecule has 0 aromatic heterocycles. The molecule has 0 unspecified atom stereocenters. The second-order valence-electron chi connectivity index (χ2n) is 4.10. The van der Waals surface area contributed by atoms with Gasteiger partial charge in [-0.2, -0.15) is 0 Å². The van der Waals surface area contributed by atoms with Gasteiger partial charge in [0, 0.05) is 36.8 Å². The quantitative estimate of drug-likeness (QED) is 0.633. The molecule has 0 radical (unpaired) electrons. The van der Waals surface area contributed by atoms with Crippen LogP contribution in [0, 0.1) is 5.82 Å². The van der Waals surface area contributed by atoms with Crippen LogP contribution < -0.4 is 11.1 Å². The number of nitrogens with zero attached hydrogens (tertiary/aromatic N) is 1. The molecule has 1 saturated heterocycles. The molecule has 1 aromatic carbocycles. The van der Waals surface area contributed by atoms with Gasteiger partial charge in [0.1, 0.15) is 5.82 Å². The SMILES string of the molecule is Nc1ccc(F)cc1SCC(=O)N1CCNCC1. The molecule has 1 fully saturated rings. The minimum atomic E-state index is -0.332. The van der Waals surface area contributed by atoms with Crippen molar-refractivity contribution in [3.8, 4) is 0 Å². The Morgan fingerprint density at radius 3 is 2.89 bits per heavy atom. The number of piperazine rings is 1. The largest absolute Gasteiger partial charge is 0.398 e. The Labute approximate surface area is 110 Å². The first kappa shape index (κ1) is 13.2. The number of benzene rings is 1. The molecule has 1 amide bonds. The molecule has 6 heteroatoms. The van der Waals surface area contributed by atoms with Gasteiger partial charge in [-0.25, -0.2) is 4.39 Å². The van der Waals surface area contributed by atoms with Crippen LogP contribution in [0.25, 0.3) is 0 Å². The van der Waals surface area contributed by atoms with Crippen LogP contribution in [-0.4, -0.2) is 42.7 Å². The normalized spacial score (nSPS) is 15.7. The molecule has 0 saturated carbocycles. The number of amides is 1. The highest BCUT2D eigenvalue weighted by Gasteiger charge is 2.16. The number of nitrogen functional groups attached to an aromatic ring is 1. The van der Waals surface area contributed by atoms with Crippen molar-refractivity contribution in [1.29, 1.82) is 0 Å². The molecule has 1 aliphatic rings. The number of halogens is 1. The van der Waals surface area contributed by atoms with E-state index in [2.05, 4.69) is 5.32 Å². The second kappa shape index (κ2) is 6.06. The molecule has 1 aromatic rings. The fraction of sp³-hybridized carbons (Fsp3) is 0.417. The predicted molar refractivity (Wildman–Crippen MR) is 71.0 cm³/mol. The summed E-state index contributed by atoms with van der Waals surface area (Å²) in [7, 11) is 0. The molecule has 1 heterocycles. The fourth-order valence-corrected chi connectivity index (χ4v) is 2.67. The summed E-state index contributed by atoms with van der Waals surface area (Å²) < 4.78 is 13.1. The summed E-state index contributed by atoms with van der Waals surface area (Å²) >= 11 is 1.29. The van der Waals surface area contributed by atoms with E-state index >= 15 is 0 Å². The van der Waals surface area contributed by atoms with Gasteiger partial charge in [0.15, 0.2) is 0 Å². The van der Waals surface area contributed by atoms with Crippen LogP contribution in [0.1, 0.15) is 0 Å². The standard InChI is InChI=1S/C12H16FN3OS/c13-9-1-2-10(14)11(7-9)18-8-12(17)16-5-3-15-4-6-16/h1-2,7,15H,3-6,8,14H2. The van der Waals surface area contributed by atoms with Gasteiger partial charge in [-0.05, 0) is 18.2 Å². The molecule has 0 spiro atoms. The van der Waals surface area contributed by atoms with E-state index < -0.39 is 0 Å². The summed E-state index contributed by atoms with van der Waals surface area (Å²) in [6.45, 7) is 3.13. The van der Waals surface area contributed by atoms with Gasteiger partial charge >= 0.3 is 0 Å². The van der Waals surface area contributed by atoms with Gasteiger partial charge in [0.2, 0.25) is 5.91 Å². The molecule has 0 bridgehead atoms. The Morgan fingerprint density at radius 1 is 1.44 bits per heavy atom. The molecule has 0 aliphatic carbocycles. The lowest BCUT2D eigenvalue weighted by Gasteiger charge is -2.27. The third-order valence-corrected chi connectivity index (χ3v) is 3.85. The lowest BCUT2D eigenvalue weighted by Crippen LogP contribution is -2.47. The van der Waals surface area contributed by atoms with Crippen LogP contribution in [0.15, 0.2) is 23.1 Å². The average molecular weight is 269 g/mol. The van der Waals surface area contributed by atoms with Crippen molar-refractivity contribution in [2.45, 2.75) is 4.90 Å². The maximum Gasteiger partial charge on any atom is 0.233 e. The Bertz CT molecular complexity index is 435. The van der Waals surface area contributed by atoms with Crippen LogP contribution in [0.5, 0.6) is 0 Å². The van der Waals surface area contributed by atoms with Crippen LogP contribution in [-0.2, 0) is 4.79 Å². The number of carbonyl (C=O) groups is 1. The van der Waals surface area contributed by atoms with E-state index in [0.717, 1.165) is 26.2 Å². The van der Waals surface area contributed by atoms with E-state index in [0.29, 0.717) is 16.3 Å². The molecular formula is C12H16FN3OS. The van der Waals surface area contributed by atoms with Crippen molar-refractivity contribution in [2.24, 2.45) is 0 Å². The Balaban J connectivity index is 1.90. The highest BCUT2D eigenvalue weighted by Crippen LogP contribution is 2.25. The number of hydrogen-bond donors (Lipinski definition) is 2. The van der Waals surface area contributed by atoms with E-state index in [1.807, 2.05) is 4.90 Å². The molecule has 3 N–H and O–H groups in total. The van der Waals surface area contributed by atoms with Crippen LogP contribution >= 0.6 is 11.8 Å². The van der Waals surface area contributed by atoms with Gasteiger partial charge < -0.3 is 16.0 Å². The number of nitrogens with one attached hydrogen (secondary N) is 1. The number of hydrogen-bond acceptors (Lipinski definition) is 4. The van der Waals surface area contributed by atoms with E-state index in [1.165, 1.54) is 30.0 Å². The predicted octanol–water partition coefficient (Wildman–Crippen LogP) is 0.932. The first-order chi connectivity index (χ1) is 8.66. The number of nitrogens with two attached hydrogens (primary N) is 1. The lowest BCUT2D eigenvalue weighted by molar-refractivity contribution is -0.128. The van der Waals surface area contributed by atoms with E-state index in [1.54, 1.807) is 0 Å². The van der Waals surface area contributed by atoms with Crippen LogP contribution in [0.4, 0.5) is 10.1 Å². The number of thioether (sulfide) groups is 1. The average Bonchev–Trinajstić information content (AvgIpc) is 2.40. The van der Waals surface area contributed by atoms with E-state index in [-0.39, 0.29) is 11.7 Å². The molecule has 18 heavy (non-hydrogen) atoms. The van der Waals surface area contributed by atoms with Crippen LogP contribution in [0.2, 0.25) is 0 Å². The van der Waals surface area contributed by atoms with Crippen molar-refractivity contribution < 1.29 is 9.18 Å². The maximum atomic E-state index is 13.1. The van der Waals surface area contributed by atoms with Gasteiger partial charge in [-0.3, -0.25) is 4.79 Å². The smallest absolute Gasteiger partial charge is 0.233 e. The Morgan fingerprint density at radius 2 is 2.17 bits per heavy atom. The maximum absolute atomic E-state index is 13.1. The summed E-state index contributed by atoms with van der Waals surface area (Å²) in [5, 5.41) is 3.19. The topological polar surface area (TPSA) is 58.4 Å². The van der Waals surface area contributed by atoms with Crippen LogP contribution in [0.3, 0.4) is 0 Å². The third kappa shape index (κ3) is 3.36. The molecule has 4 nitrogen and oxygen atoms in total. The van der Waals surface area contributed by atoms with E-state index in [4.69, 9.17) is 5.73 Å². The Hall–Kier alpha value is -1.27. The fourth-order valence-electron chi connectivity index (χ4n) is 1.78.